The lowest BCUT2D eigenvalue weighted by molar-refractivity contribution is 0.414. The van der Waals surface area contributed by atoms with Crippen molar-refractivity contribution in [1.29, 1.82) is 0 Å². The van der Waals surface area contributed by atoms with E-state index < -0.39 is 0 Å². The molecule has 3 rings (SSSR count). The predicted molar refractivity (Wildman–Crippen MR) is 83.9 cm³/mol. The summed E-state index contributed by atoms with van der Waals surface area (Å²) in [5, 5.41) is 1.04. The molecule has 0 fully saturated rings. The van der Waals surface area contributed by atoms with Gasteiger partial charge in [-0.1, -0.05) is 11.8 Å². The van der Waals surface area contributed by atoms with Gasteiger partial charge in [-0.25, -0.2) is 4.98 Å². The lowest BCUT2D eigenvalue weighted by atomic mass is 10.2. The van der Waals surface area contributed by atoms with Gasteiger partial charge in [0.25, 0.3) is 5.56 Å². The van der Waals surface area contributed by atoms with Crippen molar-refractivity contribution in [3.8, 4) is 5.75 Å². The van der Waals surface area contributed by atoms with Crippen LogP contribution in [0.25, 0.3) is 10.9 Å². The van der Waals surface area contributed by atoms with Crippen molar-refractivity contribution < 1.29 is 4.74 Å². The van der Waals surface area contributed by atoms with Gasteiger partial charge in [-0.3, -0.25) is 4.79 Å². The van der Waals surface area contributed by atoms with Gasteiger partial charge < -0.3 is 15.5 Å². The fraction of sp³-hybridized carbons (Fsp3) is 0.0667. The minimum Gasteiger partial charge on any atom is -0.497 e. The summed E-state index contributed by atoms with van der Waals surface area (Å²) < 4.78 is 5.11. The standard InChI is InChI=1S/C15H13N3O2S/c1-20-10-3-5-11(6-4-10)21-15-17-13-7-2-9(16)8-12(13)14(19)18-15/h2-8H,16H2,1H3,(H,17,18,19). The molecule has 0 spiro atoms. The number of nitrogens with zero attached hydrogens (tertiary/aromatic N) is 1. The Morgan fingerprint density at radius 2 is 1.95 bits per heavy atom. The van der Waals surface area contributed by atoms with E-state index in [9.17, 15) is 4.79 Å². The molecule has 0 unspecified atom stereocenters. The van der Waals surface area contributed by atoms with Crippen molar-refractivity contribution in [3.63, 3.8) is 0 Å². The van der Waals surface area contributed by atoms with E-state index in [2.05, 4.69) is 9.97 Å². The molecule has 0 bridgehead atoms. The van der Waals surface area contributed by atoms with E-state index in [-0.39, 0.29) is 5.56 Å². The first kappa shape index (κ1) is 13.5. The van der Waals surface area contributed by atoms with E-state index >= 15 is 0 Å². The molecule has 0 saturated carbocycles. The predicted octanol–water partition coefficient (Wildman–Crippen LogP) is 2.67. The van der Waals surface area contributed by atoms with Gasteiger partial charge in [0.05, 0.1) is 18.0 Å². The smallest absolute Gasteiger partial charge is 0.259 e. The van der Waals surface area contributed by atoms with Gasteiger partial charge in [0.15, 0.2) is 5.16 Å². The molecule has 3 aromatic rings. The number of hydrogen-bond acceptors (Lipinski definition) is 5. The summed E-state index contributed by atoms with van der Waals surface area (Å²) >= 11 is 1.39. The van der Waals surface area contributed by atoms with E-state index in [4.69, 9.17) is 10.5 Å². The van der Waals surface area contributed by atoms with Crippen LogP contribution in [-0.4, -0.2) is 17.1 Å². The first-order chi connectivity index (χ1) is 10.2. The number of H-pyrrole nitrogens is 1. The number of rotatable bonds is 3. The fourth-order valence-corrected chi connectivity index (χ4v) is 2.72. The number of benzene rings is 2. The summed E-state index contributed by atoms with van der Waals surface area (Å²) in [5.41, 5.74) is 6.67. The first-order valence-electron chi connectivity index (χ1n) is 6.27. The number of nitrogens with two attached hydrogens (primary N) is 1. The Morgan fingerprint density at radius 1 is 1.19 bits per heavy atom. The Hall–Kier alpha value is -2.47. The lowest BCUT2D eigenvalue weighted by Crippen LogP contribution is -2.09. The number of aromatic amines is 1. The molecule has 0 aliphatic rings. The zero-order chi connectivity index (χ0) is 14.8. The third kappa shape index (κ3) is 2.85. The highest BCUT2D eigenvalue weighted by molar-refractivity contribution is 7.99. The monoisotopic (exact) mass is 299 g/mol. The van der Waals surface area contributed by atoms with Crippen LogP contribution in [0.3, 0.4) is 0 Å². The highest BCUT2D eigenvalue weighted by Crippen LogP contribution is 2.26. The van der Waals surface area contributed by atoms with Crippen molar-refractivity contribution in [2.24, 2.45) is 0 Å². The third-order valence-electron chi connectivity index (χ3n) is 2.98. The fourth-order valence-electron chi connectivity index (χ4n) is 1.94. The van der Waals surface area contributed by atoms with Crippen molar-refractivity contribution in [2.45, 2.75) is 10.1 Å². The van der Waals surface area contributed by atoms with E-state index in [1.807, 2.05) is 24.3 Å². The van der Waals surface area contributed by atoms with Crippen LogP contribution in [0.4, 0.5) is 5.69 Å². The Balaban J connectivity index is 1.97. The normalized spacial score (nSPS) is 10.7. The highest BCUT2D eigenvalue weighted by Gasteiger charge is 2.06. The number of hydrogen-bond donors (Lipinski definition) is 2. The van der Waals surface area contributed by atoms with Crippen LogP contribution in [0.2, 0.25) is 0 Å². The van der Waals surface area contributed by atoms with Gasteiger partial charge in [-0.2, -0.15) is 0 Å². The van der Waals surface area contributed by atoms with E-state index in [0.717, 1.165) is 10.6 Å². The molecule has 0 radical (unpaired) electrons. The highest BCUT2D eigenvalue weighted by atomic mass is 32.2. The molecule has 1 heterocycles. The Labute approximate surface area is 125 Å². The molecule has 6 heteroatoms. The number of ether oxygens (including phenoxy) is 1. The molecule has 0 saturated heterocycles. The van der Waals surface area contributed by atoms with Crippen molar-refractivity contribution in [3.05, 3.63) is 52.8 Å². The second kappa shape index (κ2) is 5.49. The van der Waals surface area contributed by atoms with Crippen LogP contribution in [0, 0.1) is 0 Å². The molecule has 5 nitrogen and oxygen atoms in total. The van der Waals surface area contributed by atoms with E-state index in [0.29, 0.717) is 21.7 Å². The van der Waals surface area contributed by atoms with Crippen LogP contribution in [-0.2, 0) is 0 Å². The topological polar surface area (TPSA) is 81.0 Å². The summed E-state index contributed by atoms with van der Waals surface area (Å²) in [6.07, 6.45) is 0. The minimum absolute atomic E-state index is 0.191. The largest absolute Gasteiger partial charge is 0.497 e. The Bertz CT molecular complexity index is 844. The van der Waals surface area contributed by atoms with Crippen molar-refractivity contribution in [2.75, 3.05) is 12.8 Å². The van der Waals surface area contributed by atoms with Crippen LogP contribution in [0.5, 0.6) is 5.75 Å². The number of methoxy groups -OCH3 is 1. The molecule has 21 heavy (non-hydrogen) atoms. The quantitative estimate of drug-likeness (QED) is 0.574. The maximum absolute atomic E-state index is 12.1. The summed E-state index contributed by atoms with van der Waals surface area (Å²) in [6.45, 7) is 0. The number of fused-ring (bicyclic) bond motifs is 1. The molecule has 1 aromatic heterocycles. The molecule has 0 atom stereocenters. The van der Waals surface area contributed by atoms with Crippen LogP contribution < -0.4 is 16.0 Å². The van der Waals surface area contributed by atoms with Crippen LogP contribution in [0.15, 0.2) is 57.3 Å². The molecule has 0 aliphatic heterocycles. The molecule has 2 aromatic carbocycles. The maximum atomic E-state index is 12.1. The Morgan fingerprint density at radius 3 is 2.67 bits per heavy atom. The second-order valence-corrected chi connectivity index (χ2v) is 5.49. The lowest BCUT2D eigenvalue weighted by Gasteiger charge is -2.04. The van der Waals surface area contributed by atoms with Gasteiger partial charge in [0.2, 0.25) is 0 Å². The SMILES string of the molecule is COc1ccc(Sc2nc3ccc(N)cc3c(=O)[nH]2)cc1. The zero-order valence-corrected chi connectivity index (χ0v) is 12.1. The number of nitrogens with one attached hydrogen (secondary N) is 1. The maximum Gasteiger partial charge on any atom is 0.259 e. The second-order valence-electron chi connectivity index (χ2n) is 4.43. The Kier molecular flexibility index (Phi) is 3.53. The van der Waals surface area contributed by atoms with Gasteiger partial charge in [0.1, 0.15) is 5.75 Å². The average Bonchev–Trinajstić information content (AvgIpc) is 2.49. The summed E-state index contributed by atoms with van der Waals surface area (Å²) in [7, 11) is 1.62. The number of nitrogen functional groups attached to an aromatic ring is 1. The van der Waals surface area contributed by atoms with E-state index in [1.54, 1.807) is 25.3 Å². The zero-order valence-electron chi connectivity index (χ0n) is 11.3. The van der Waals surface area contributed by atoms with Gasteiger partial charge in [0, 0.05) is 10.6 Å². The summed E-state index contributed by atoms with van der Waals surface area (Å²) in [5.74, 6) is 0.787. The average molecular weight is 299 g/mol. The molecule has 106 valence electrons. The van der Waals surface area contributed by atoms with Gasteiger partial charge in [-0.05, 0) is 42.5 Å². The number of aromatic nitrogens is 2. The van der Waals surface area contributed by atoms with Crippen LogP contribution in [0.1, 0.15) is 0 Å². The number of anilines is 1. The van der Waals surface area contributed by atoms with Crippen molar-refractivity contribution >= 4 is 28.4 Å². The van der Waals surface area contributed by atoms with Crippen LogP contribution >= 0.6 is 11.8 Å². The summed E-state index contributed by atoms with van der Waals surface area (Å²) in [4.78, 5) is 20.2. The molecule has 0 aliphatic carbocycles. The molecular weight excluding hydrogens is 286 g/mol. The van der Waals surface area contributed by atoms with Gasteiger partial charge in [-0.15, -0.1) is 0 Å². The third-order valence-corrected chi connectivity index (χ3v) is 3.88. The van der Waals surface area contributed by atoms with E-state index in [1.165, 1.54) is 11.8 Å². The molecule has 0 amide bonds. The minimum atomic E-state index is -0.191. The van der Waals surface area contributed by atoms with Gasteiger partial charge >= 0.3 is 0 Å². The first-order valence-corrected chi connectivity index (χ1v) is 7.09. The summed E-state index contributed by atoms with van der Waals surface area (Å²) in [6, 6.07) is 12.7. The molecular formula is C15H13N3O2S. The van der Waals surface area contributed by atoms with Crippen molar-refractivity contribution in [1.82, 2.24) is 9.97 Å². The molecule has 3 N–H and O–H groups in total.